The molecule has 1 heterocycles. The van der Waals surface area contributed by atoms with Crippen LogP contribution in [-0.4, -0.2) is 12.3 Å². The van der Waals surface area contributed by atoms with E-state index in [4.69, 9.17) is 20.9 Å². The molecule has 0 saturated heterocycles. The van der Waals surface area contributed by atoms with E-state index in [0.29, 0.717) is 33.2 Å². The summed E-state index contributed by atoms with van der Waals surface area (Å²) in [6.45, 7) is 1.74. The summed E-state index contributed by atoms with van der Waals surface area (Å²) in [5, 5.41) is 4.85. The highest BCUT2D eigenvalue weighted by molar-refractivity contribution is 6.33. The van der Waals surface area contributed by atoms with E-state index in [0.717, 1.165) is 16.9 Å². The van der Waals surface area contributed by atoms with Crippen LogP contribution in [0.1, 0.15) is 5.56 Å². The van der Waals surface area contributed by atoms with E-state index in [1.165, 1.54) is 6.07 Å². The molecule has 3 aromatic carbocycles. The number of benzene rings is 3. The molecule has 0 aliphatic rings. The van der Waals surface area contributed by atoms with Gasteiger partial charge in [0.25, 0.3) is 0 Å². The van der Waals surface area contributed by atoms with Crippen LogP contribution in [0.25, 0.3) is 33.7 Å². The first kappa shape index (κ1) is 18.3. The highest BCUT2D eigenvalue weighted by atomic mass is 35.5. The van der Waals surface area contributed by atoms with Crippen molar-refractivity contribution in [1.29, 1.82) is 0 Å². The predicted octanol–water partition coefficient (Wildman–Crippen LogP) is 6.79. The van der Waals surface area contributed by atoms with Gasteiger partial charge >= 0.3 is 0 Å². The molecule has 4 aromatic rings. The molecule has 140 valence electrons. The zero-order valence-corrected chi connectivity index (χ0v) is 16.1. The van der Waals surface area contributed by atoms with Crippen LogP contribution in [0, 0.1) is 12.7 Å². The van der Waals surface area contributed by atoms with Crippen LogP contribution < -0.4 is 4.74 Å². The van der Waals surface area contributed by atoms with Gasteiger partial charge in [-0.05, 0) is 54.4 Å². The van der Waals surface area contributed by atoms with Crippen molar-refractivity contribution in [3.05, 3.63) is 83.1 Å². The third kappa shape index (κ3) is 3.16. The summed E-state index contributed by atoms with van der Waals surface area (Å²) in [6.07, 6.45) is 0. The monoisotopic (exact) mass is 393 g/mol. The molecule has 0 radical (unpaired) electrons. The fourth-order valence-electron chi connectivity index (χ4n) is 3.19. The summed E-state index contributed by atoms with van der Waals surface area (Å²) in [7, 11) is 1.61. The van der Waals surface area contributed by atoms with Crippen molar-refractivity contribution >= 4 is 11.6 Å². The van der Waals surface area contributed by atoms with Gasteiger partial charge in [0.05, 0.1) is 17.7 Å². The van der Waals surface area contributed by atoms with Gasteiger partial charge in [-0.3, -0.25) is 0 Å². The first-order valence-electron chi connectivity index (χ1n) is 8.74. The van der Waals surface area contributed by atoms with Crippen molar-refractivity contribution in [2.75, 3.05) is 7.11 Å². The van der Waals surface area contributed by atoms with Crippen molar-refractivity contribution in [2.45, 2.75) is 6.92 Å². The van der Waals surface area contributed by atoms with Crippen LogP contribution in [-0.2, 0) is 0 Å². The van der Waals surface area contributed by atoms with Gasteiger partial charge in [-0.15, -0.1) is 0 Å². The van der Waals surface area contributed by atoms with Gasteiger partial charge in [-0.1, -0.05) is 47.1 Å². The number of hydrogen-bond donors (Lipinski definition) is 0. The molecule has 0 amide bonds. The highest BCUT2D eigenvalue weighted by Gasteiger charge is 2.24. The van der Waals surface area contributed by atoms with Crippen molar-refractivity contribution in [2.24, 2.45) is 0 Å². The van der Waals surface area contributed by atoms with Gasteiger partial charge in [0.15, 0.2) is 5.76 Å². The second-order valence-electron chi connectivity index (χ2n) is 6.36. The largest absolute Gasteiger partial charge is 0.497 e. The van der Waals surface area contributed by atoms with E-state index in [1.807, 2.05) is 48.5 Å². The van der Waals surface area contributed by atoms with Gasteiger partial charge in [-0.2, -0.15) is 0 Å². The molecular weight excluding hydrogens is 377 g/mol. The minimum Gasteiger partial charge on any atom is -0.497 e. The van der Waals surface area contributed by atoms with Crippen LogP contribution in [0.5, 0.6) is 5.75 Å². The van der Waals surface area contributed by atoms with Crippen LogP contribution in [0.15, 0.2) is 71.3 Å². The summed E-state index contributed by atoms with van der Waals surface area (Å²) in [6, 6.07) is 19.8. The van der Waals surface area contributed by atoms with Crippen LogP contribution in [0.3, 0.4) is 0 Å². The standard InChI is InChI=1S/C23H17ClFNO2/c1-14-17(7-5-9-20(14)25)21-22(18-6-3-4-8-19(18)24)26-28-23(21)15-10-12-16(27-2)13-11-15/h3-13H,1-2H3. The quantitative estimate of drug-likeness (QED) is 0.383. The molecule has 5 heteroatoms. The summed E-state index contributed by atoms with van der Waals surface area (Å²) in [5.41, 5.74) is 4.05. The summed E-state index contributed by atoms with van der Waals surface area (Å²) >= 11 is 6.41. The number of nitrogens with zero attached hydrogens (tertiary/aromatic N) is 1. The maximum atomic E-state index is 14.3. The fraction of sp³-hybridized carbons (Fsp3) is 0.0870. The number of methoxy groups -OCH3 is 1. The Bertz CT molecular complexity index is 1140. The Labute approximate surface area is 167 Å². The third-order valence-electron chi connectivity index (χ3n) is 4.71. The molecule has 0 aliphatic heterocycles. The van der Waals surface area contributed by atoms with Gasteiger partial charge in [0, 0.05) is 11.1 Å². The zero-order valence-electron chi connectivity index (χ0n) is 15.4. The first-order valence-corrected chi connectivity index (χ1v) is 9.12. The summed E-state index contributed by atoms with van der Waals surface area (Å²) in [4.78, 5) is 0. The molecule has 0 unspecified atom stereocenters. The Kier molecular flexibility index (Phi) is 4.88. The van der Waals surface area contributed by atoms with Crippen LogP contribution >= 0.6 is 11.6 Å². The minimum atomic E-state index is -0.288. The van der Waals surface area contributed by atoms with E-state index < -0.39 is 0 Å². The lowest BCUT2D eigenvalue weighted by Gasteiger charge is -2.10. The van der Waals surface area contributed by atoms with Gasteiger partial charge in [0.1, 0.15) is 17.3 Å². The molecule has 0 fully saturated rings. The predicted molar refractivity (Wildman–Crippen MR) is 109 cm³/mol. The van der Waals surface area contributed by atoms with Gasteiger partial charge < -0.3 is 9.26 Å². The van der Waals surface area contributed by atoms with Gasteiger partial charge in [0.2, 0.25) is 0 Å². The molecule has 3 nitrogen and oxygen atoms in total. The Hall–Kier alpha value is -3.11. The van der Waals surface area contributed by atoms with E-state index in [9.17, 15) is 4.39 Å². The number of halogens is 2. The number of ether oxygens (including phenoxy) is 1. The van der Waals surface area contributed by atoms with Crippen molar-refractivity contribution in [3.8, 4) is 39.5 Å². The van der Waals surface area contributed by atoms with Gasteiger partial charge in [-0.25, -0.2) is 4.39 Å². The lowest BCUT2D eigenvalue weighted by molar-refractivity contribution is 0.414. The number of rotatable bonds is 4. The molecular formula is C23H17ClFNO2. The second kappa shape index (κ2) is 7.49. The lowest BCUT2D eigenvalue weighted by atomic mass is 9.93. The molecule has 28 heavy (non-hydrogen) atoms. The van der Waals surface area contributed by atoms with E-state index in [1.54, 1.807) is 26.2 Å². The van der Waals surface area contributed by atoms with Crippen molar-refractivity contribution in [3.63, 3.8) is 0 Å². The fourth-order valence-corrected chi connectivity index (χ4v) is 3.42. The molecule has 0 spiro atoms. The van der Waals surface area contributed by atoms with E-state index in [2.05, 4.69) is 5.16 Å². The Morgan fingerprint density at radius 1 is 0.929 bits per heavy atom. The molecule has 0 saturated carbocycles. The normalized spacial score (nSPS) is 10.9. The smallest absolute Gasteiger partial charge is 0.175 e. The Morgan fingerprint density at radius 3 is 2.36 bits per heavy atom. The average molecular weight is 394 g/mol. The van der Waals surface area contributed by atoms with Crippen LogP contribution in [0.4, 0.5) is 4.39 Å². The van der Waals surface area contributed by atoms with Crippen molar-refractivity contribution in [1.82, 2.24) is 5.16 Å². The highest BCUT2D eigenvalue weighted by Crippen LogP contribution is 2.43. The summed E-state index contributed by atoms with van der Waals surface area (Å²) < 4.78 is 25.3. The SMILES string of the molecule is COc1ccc(-c2onc(-c3ccccc3Cl)c2-c2cccc(F)c2C)cc1. The number of hydrogen-bond acceptors (Lipinski definition) is 3. The van der Waals surface area contributed by atoms with E-state index >= 15 is 0 Å². The third-order valence-corrected chi connectivity index (χ3v) is 5.04. The number of aromatic nitrogens is 1. The Morgan fingerprint density at radius 2 is 1.64 bits per heavy atom. The Balaban J connectivity index is 2.00. The molecule has 1 aromatic heterocycles. The molecule has 0 N–H and O–H groups in total. The van der Waals surface area contributed by atoms with E-state index in [-0.39, 0.29) is 5.82 Å². The summed E-state index contributed by atoms with van der Waals surface area (Å²) in [5.74, 6) is 0.994. The molecule has 0 bridgehead atoms. The van der Waals surface area contributed by atoms with Crippen LogP contribution in [0.2, 0.25) is 5.02 Å². The zero-order chi connectivity index (χ0) is 19.7. The second-order valence-corrected chi connectivity index (χ2v) is 6.76. The maximum absolute atomic E-state index is 14.3. The molecule has 0 atom stereocenters. The molecule has 0 aliphatic carbocycles. The van der Waals surface area contributed by atoms with Crippen molar-refractivity contribution < 1.29 is 13.7 Å². The minimum absolute atomic E-state index is 0.288. The topological polar surface area (TPSA) is 35.3 Å². The average Bonchev–Trinajstić information content (AvgIpc) is 3.15. The maximum Gasteiger partial charge on any atom is 0.175 e. The molecule has 4 rings (SSSR count). The lowest BCUT2D eigenvalue weighted by Crippen LogP contribution is -1.91. The first-order chi connectivity index (χ1) is 13.6.